The summed E-state index contributed by atoms with van der Waals surface area (Å²) in [7, 11) is 0. The Morgan fingerprint density at radius 2 is 1.61 bits per heavy atom. The standard InChI is InChI=1S/C26H32N6O/c27-26-29-15-20(16-30-26)18-31-9-7-21(8-10-31)25(33)32-11-5-19(6-12-32)13-24-14-22-3-1-2-4-23(22)17-28-24/h1-4,14-17,19,21H,5-13,18H2,(H2,27,29,30). The number of nitrogen functional groups attached to an aromatic ring is 1. The van der Waals surface area contributed by atoms with Crippen molar-refractivity contribution in [3.63, 3.8) is 0 Å². The Morgan fingerprint density at radius 1 is 0.909 bits per heavy atom. The number of fused-ring (bicyclic) bond motifs is 1. The van der Waals surface area contributed by atoms with Gasteiger partial charge in [0.15, 0.2) is 0 Å². The molecule has 2 aromatic heterocycles. The van der Waals surface area contributed by atoms with Gasteiger partial charge in [-0.1, -0.05) is 24.3 Å². The Labute approximate surface area is 195 Å². The van der Waals surface area contributed by atoms with Gasteiger partial charge in [-0.25, -0.2) is 9.97 Å². The minimum atomic E-state index is 0.155. The molecule has 7 heteroatoms. The molecule has 2 aliphatic heterocycles. The second-order valence-corrected chi connectivity index (χ2v) is 9.50. The van der Waals surface area contributed by atoms with Gasteiger partial charge in [-0.3, -0.25) is 14.7 Å². The van der Waals surface area contributed by atoms with Gasteiger partial charge in [-0.2, -0.15) is 0 Å². The minimum Gasteiger partial charge on any atom is -0.368 e. The first-order valence-electron chi connectivity index (χ1n) is 12.1. The van der Waals surface area contributed by atoms with Crippen molar-refractivity contribution >= 4 is 22.6 Å². The maximum absolute atomic E-state index is 13.1. The molecular formula is C26H32N6O. The van der Waals surface area contributed by atoms with Gasteiger partial charge in [-0.05, 0) is 62.6 Å². The SMILES string of the molecule is Nc1ncc(CN2CCC(C(=O)N3CCC(Cc4cc5ccccc5cn4)CC3)CC2)cn1. The fourth-order valence-corrected chi connectivity index (χ4v) is 5.19. The molecule has 0 unspecified atom stereocenters. The highest BCUT2D eigenvalue weighted by molar-refractivity contribution is 5.81. The van der Waals surface area contributed by atoms with Crippen LogP contribution in [0.2, 0.25) is 0 Å². The highest BCUT2D eigenvalue weighted by atomic mass is 16.2. The van der Waals surface area contributed by atoms with Crippen molar-refractivity contribution < 1.29 is 4.79 Å². The fraction of sp³-hybridized carbons (Fsp3) is 0.462. The topological polar surface area (TPSA) is 88.2 Å². The van der Waals surface area contributed by atoms with Crippen LogP contribution in [0.3, 0.4) is 0 Å². The lowest BCUT2D eigenvalue weighted by Crippen LogP contribution is -2.45. The molecule has 7 nitrogen and oxygen atoms in total. The number of hydrogen-bond acceptors (Lipinski definition) is 6. The predicted octanol–water partition coefficient (Wildman–Crippen LogP) is 3.30. The van der Waals surface area contributed by atoms with Crippen LogP contribution >= 0.6 is 0 Å². The molecular weight excluding hydrogens is 412 g/mol. The van der Waals surface area contributed by atoms with E-state index >= 15 is 0 Å². The second-order valence-electron chi connectivity index (χ2n) is 9.50. The number of piperidine rings is 2. The predicted molar refractivity (Wildman–Crippen MR) is 129 cm³/mol. The Bertz CT molecular complexity index is 1090. The van der Waals surface area contributed by atoms with E-state index in [1.165, 1.54) is 10.8 Å². The van der Waals surface area contributed by atoms with Crippen molar-refractivity contribution in [2.75, 3.05) is 31.9 Å². The first-order chi connectivity index (χ1) is 16.1. The molecule has 0 spiro atoms. The van der Waals surface area contributed by atoms with E-state index in [-0.39, 0.29) is 5.92 Å². The maximum atomic E-state index is 13.1. The van der Waals surface area contributed by atoms with Gasteiger partial charge in [-0.15, -0.1) is 0 Å². The monoisotopic (exact) mass is 444 g/mol. The lowest BCUT2D eigenvalue weighted by molar-refractivity contribution is -0.138. The normalized spacial score (nSPS) is 18.6. The number of anilines is 1. The van der Waals surface area contributed by atoms with Crippen LogP contribution < -0.4 is 5.73 Å². The highest BCUT2D eigenvalue weighted by Crippen LogP contribution is 2.26. The first-order valence-corrected chi connectivity index (χ1v) is 12.1. The number of nitrogens with two attached hydrogens (primary N) is 1. The average Bonchev–Trinajstić information content (AvgIpc) is 2.86. The first kappa shape index (κ1) is 21.8. The Morgan fingerprint density at radius 3 is 2.33 bits per heavy atom. The third-order valence-corrected chi connectivity index (χ3v) is 7.18. The third-order valence-electron chi connectivity index (χ3n) is 7.18. The van der Waals surface area contributed by atoms with Crippen LogP contribution in [0.1, 0.15) is 36.9 Å². The number of rotatable bonds is 5. The van der Waals surface area contributed by atoms with Gasteiger partial charge in [0, 0.05) is 60.8 Å². The summed E-state index contributed by atoms with van der Waals surface area (Å²) in [5.74, 6) is 1.42. The Hall–Kier alpha value is -3.06. The molecule has 1 amide bonds. The largest absolute Gasteiger partial charge is 0.368 e. The molecule has 0 bridgehead atoms. The second kappa shape index (κ2) is 9.83. The zero-order valence-electron chi connectivity index (χ0n) is 19.1. The number of nitrogens with zero attached hydrogens (tertiary/aromatic N) is 5. The summed E-state index contributed by atoms with van der Waals surface area (Å²) in [5.41, 5.74) is 7.80. The van der Waals surface area contributed by atoms with Crippen molar-refractivity contribution in [1.29, 1.82) is 0 Å². The Balaban J connectivity index is 1.08. The molecule has 172 valence electrons. The molecule has 0 atom stereocenters. The molecule has 2 N–H and O–H groups in total. The van der Waals surface area contributed by atoms with Gasteiger partial charge in [0.25, 0.3) is 0 Å². The van der Waals surface area contributed by atoms with E-state index in [1.807, 2.05) is 6.20 Å². The van der Waals surface area contributed by atoms with Crippen LogP contribution in [0.5, 0.6) is 0 Å². The highest BCUT2D eigenvalue weighted by Gasteiger charge is 2.31. The third kappa shape index (κ3) is 5.30. The molecule has 3 aromatic rings. The van der Waals surface area contributed by atoms with Crippen LogP contribution in [0.25, 0.3) is 10.8 Å². The van der Waals surface area contributed by atoms with Gasteiger partial charge in [0.05, 0.1) is 0 Å². The van der Waals surface area contributed by atoms with Gasteiger partial charge in [0.1, 0.15) is 0 Å². The van der Waals surface area contributed by atoms with Crippen LogP contribution in [0.15, 0.2) is 48.9 Å². The van der Waals surface area contributed by atoms with Crippen LogP contribution in [0.4, 0.5) is 5.95 Å². The number of carbonyl (C=O) groups is 1. The summed E-state index contributed by atoms with van der Waals surface area (Å²) < 4.78 is 0. The maximum Gasteiger partial charge on any atom is 0.225 e. The van der Waals surface area contributed by atoms with Crippen LogP contribution in [-0.4, -0.2) is 56.8 Å². The number of likely N-dealkylation sites (tertiary alicyclic amines) is 2. The zero-order valence-corrected chi connectivity index (χ0v) is 19.1. The molecule has 1 aromatic carbocycles. The van der Waals surface area contributed by atoms with Crippen LogP contribution in [0, 0.1) is 11.8 Å². The van der Waals surface area contributed by atoms with E-state index < -0.39 is 0 Å². The summed E-state index contributed by atoms with van der Waals surface area (Å²) in [6, 6.07) is 10.6. The van der Waals surface area contributed by atoms with Crippen molar-refractivity contribution in [2.45, 2.75) is 38.6 Å². The summed E-state index contributed by atoms with van der Waals surface area (Å²) in [6.07, 6.45) is 10.5. The molecule has 2 fully saturated rings. The van der Waals surface area contributed by atoms with E-state index in [1.54, 1.807) is 12.4 Å². The van der Waals surface area contributed by atoms with Crippen molar-refractivity contribution in [1.82, 2.24) is 24.8 Å². The fourth-order valence-electron chi connectivity index (χ4n) is 5.19. The van der Waals surface area contributed by atoms with Gasteiger partial charge >= 0.3 is 0 Å². The van der Waals surface area contributed by atoms with Crippen molar-refractivity contribution in [3.05, 3.63) is 60.2 Å². The molecule has 4 heterocycles. The van der Waals surface area contributed by atoms with E-state index in [2.05, 4.69) is 55.1 Å². The van der Waals surface area contributed by atoms with Crippen molar-refractivity contribution in [3.8, 4) is 0 Å². The number of benzene rings is 1. The lowest BCUT2D eigenvalue weighted by atomic mass is 9.89. The van der Waals surface area contributed by atoms with Crippen molar-refractivity contribution in [2.24, 2.45) is 11.8 Å². The number of amides is 1. The lowest BCUT2D eigenvalue weighted by Gasteiger charge is -2.37. The molecule has 0 radical (unpaired) electrons. The van der Waals surface area contributed by atoms with E-state index in [9.17, 15) is 4.79 Å². The van der Waals surface area contributed by atoms with Gasteiger partial charge < -0.3 is 10.6 Å². The number of hydrogen-bond donors (Lipinski definition) is 1. The minimum absolute atomic E-state index is 0.155. The summed E-state index contributed by atoms with van der Waals surface area (Å²) in [4.78, 5) is 30.4. The summed E-state index contributed by atoms with van der Waals surface area (Å²) in [6.45, 7) is 4.44. The molecule has 2 aliphatic rings. The number of pyridine rings is 1. The quantitative estimate of drug-likeness (QED) is 0.650. The summed E-state index contributed by atoms with van der Waals surface area (Å²) >= 11 is 0. The zero-order chi connectivity index (χ0) is 22.6. The molecule has 0 saturated carbocycles. The number of carbonyl (C=O) groups excluding carboxylic acids is 1. The number of aromatic nitrogens is 3. The van der Waals surface area contributed by atoms with E-state index in [4.69, 9.17) is 5.73 Å². The average molecular weight is 445 g/mol. The Kier molecular flexibility index (Phi) is 6.48. The molecule has 33 heavy (non-hydrogen) atoms. The van der Waals surface area contributed by atoms with E-state index in [0.717, 1.165) is 76.1 Å². The molecule has 2 saturated heterocycles. The summed E-state index contributed by atoms with van der Waals surface area (Å²) in [5, 5.41) is 2.44. The molecule has 0 aliphatic carbocycles. The molecule has 5 rings (SSSR count). The van der Waals surface area contributed by atoms with Crippen LogP contribution in [-0.2, 0) is 17.8 Å². The van der Waals surface area contributed by atoms with E-state index in [0.29, 0.717) is 17.8 Å². The smallest absolute Gasteiger partial charge is 0.225 e. The van der Waals surface area contributed by atoms with Gasteiger partial charge in [0.2, 0.25) is 11.9 Å².